The summed E-state index contributed by atoms with van der Waals surface area (Å²) < 4.78 is 0. The van der Waals surface area contributed by atoms with Gasteiger partial charge in [0.25, 0.3) is 0 Å². The van der Waals surface area contributed by atoms with E-state index < -0.39 is 5.91 Å². The lowest BCUT2D eigenvalue weighted by atomic mass is 10.0. The summed E-state index contributed by atoms with van der Waals surface area (Å²) in [7, 11) is 0. The second-order valence-electron chi connectivity index (χ2n) is 5.19. The van der Waals surface area contributed by atoms with Gasteiger partial charge >= 0.3 is 0 Å². The normalized spacial score (nSPS) is 15.4. The van der Waals surface area contributed by atoms with E-state index >= 15 is 0 Å². The Morgan fingerprint density at radius 2 is 1.79 bits per heavy atom. The van der Waals surface area contributed by atoms with E-state index in [1.807, 2.05) is 12.1 Å². The topological polar surface area (TPSA) is 72.2 Å². The molecular formula is C15H20N2O2. The summed E-state index contributed by atoms with van der Waals surface area (Å²) in [6.45, 7) is 0.505. The van der Waals surface area contributed by atoms with Crippen LogP contribution in [0.5, 0.6) is 0 Å². The first kappa shape index (κ1) is 13.6. The molecule has 1 saturated carbocycles. The Morgan fingerprint density at radius 3 is 2.37 bits per heavy atom. The Labute approximate surface area is 113 Å². The SMILES string of the molecule is NC(=O)c1ccc(CNC(=O)CC2CCCC2)cc1. The second-order valence-corrected chi connectivity index (χ2v) is 5.19. The zero-order valence-electron chi connectivity index (χ0n) is 11.0. The largest absolute Gasteiger partial charge is 0.366 e. The maximum atomic E-state index is 11.8. The van der Waals surface area contributed by atoms with Gasteiger partial charge in [-0.05, 0) is 36.5 Å². The van der Waals surface area contributed by atoms with Crippen molar-refractivity contribution >= 4 is 11.8 Å². The highest BCUT2D eigenvalue weighted by molar-refractivity contribution is 5.92. The minimum atomic E-state index is -0.434. The van der Waals surface area contributed by atoms with Gasteiger partial charge < -0.3 is 11.1 Å². The average Bonchev–Trinajstić information content (AvgIpc) is 2.89. The monoisotopic (exact) mass is 260 g/mol. The summed E-state index contributed by atoms with van der Waals surface area (Å²) in [5, 5.41) is 2.92. The molecule has 2 amide bonds. The van der Waals surface area contributed by atoms with Gasteiger partial charge in [0.2, 0.25) is 11.8 Å². The predicted molar refractivity (Wildman–Crippen MR) is 73.4 cm³/mol. The smallest absolute Gasteiger partial charge is 0.248 e. The molecule has 1 fully saturated rings. The lowest BCUT2D eigenvalue weighted by Gasteiger charge is -2.09. The van der Waals surface area contributed by atoms with Crippen LogP contribution in [0.2, 0.25) is 0 Å². The van der Waals surface area contributed by atoms with Crippen LogP contribution >= 0.6 is 0 Å². The van der Waals surface area contributed by atoms with Crippen molar-refractivity contribution in [1.82, 2.24) is 5.32 Å². The molecule has 0 radical (unpaired) electrons. The molecule has 2 rings (SSSR count). The molecular weight excluding hydrogens is 240 g/mol. The summed E-state index contributed by atoms with van der Waals surface area (Å²) in [5.74, 6) is 0.250. The zero-order chi connectivity index (χ0) is 13.7. The molecule has 1 aromatic carbocycles. The molecule has 1 aromatic rings. The number of carbonyl (C=O) groups is 2. The number of benzene rings is 1. The van der Waals surface area contributed by atoms with E-state index in [1.54, 1.807) is 12.1 Å². The molecule has 0 aromatic heterocycles. The van der Waals surface area contributed by atoms with E-state index in [0.29, 0.717) is 24.4 Å². The van der Waals surface area contributed by atoms with Crippen molar-refractivity contribution in [3.63, 3.8) is 0 Å². The standard InChI is InChI=1S/C15H20N2O2/c16-15(19)13-7-5-12(6-8-13)10-17-14(18)9-11-3-1-2-4-11/h5-8,11H,1-4,9-10H2,(H2,16,19)(H,17,18). The Bertz CT molecular complexity index is 448. The Kier molecular flexibility index (Phi) is 4.55. The molecule has 4 nitrogen and oxygen atoms in total. The van der Waals surface area contributed by atoms with Gasteiger partial charge in [-0.1, -0.05) is 25.0 Å². The summed E-state index contributed by atoms with van der Waals surface area (Å²) in [4.78, 5) is 22.7. The number of hydrogen-bond donors (Lipinski definition) is 2. The van der Waals surface area contributed by atoms with Crippen molar-refractivity contribution in [3.8, 4) is 0 Å². The first-order chi connectivity index (χ1) is 9.15. The number of rotatable bonds is 5. The highest BCUT2D eigenvalue weighted by atomic mass is 16.1. The third-order valence-corrected chi connectivity index (χ3v) is 3.68. The van der Waals surface area contributed by atoms with Crippen LogP contribution < -0.4 is 11.1 Å². The third kappa shape index (κ3) is 4.09. The van der Waals surface area contributed by atoms with E-state index in [2.05, 4.69) is 5.32 Å². The fourth-order valence-electron chi connectivity index (χ4n) is 2.54. The number of nitrogens with one attached hydrogen (secondary N) is 1. The minimum absolute atomic E-state index is 0.117. The van der Waals surface area contributed by atoms with Gasteiger partial charge in [-0.3, -0.25) is 9.59 Å². The van der Waals surface area contributed by atoms with E-state index in [9.17, 15) is 9.59 Å². The van der Waals surface area contributed by atoms with E-state index in [4.69, 9.17) is 5.73 Å². The van der Waals surface area contributed by atoms with Crippen LogP contribution in [0.15, 0.2) is 24.3 Å². The van der Waals surface area contributed by atoms with Gasteiger partial charge in [0.1, 0.15) is 0 Å². The maximum absolute atomic E-state index is 11.8. The molecule has 19 heavy (non-hydrogen) atoms. The van der Waals surface area contributed by atoms with Gasteiger partial charge in [-0.2, -0.15) is 0 Å². The van der Waals surface area contributed by atoms with Crippen LogP contribution in [0.3, 0.4) is 0 Å². The van der Waals surface area contributed by atoms with Crippen molar-refractivity contribution in [2.45, 2.75) is 38.6 Å². The highest BCUT2D eigenvalue weighted by Gasteiger charge is 2.18. The Balaban J connectivity index is 1.77. The quantitative estimate of drug-likeness (QED) is 0.849. The molecule has 0 heterocycles. The summed E-state index contributed by atoms with van der Waals surface area (Å²) in [5.41, 5.74) is 6.63. The molecule has 3 N–H and O–H groups in total. The van der Waals surface area contributed by atoms with Crippen LogP contribution in [0.4, 0.5) is 0 Å². The average molecular weight is 260 g/mol. The van der Waals surface area contributed by atoms with Gasteiger partial charge in [0, 0.05) is 18.5 Å². The molecule has 1 aliphatic carbocycles. The fraction of sp³-hybridized carbons (Fsp3) is 0.467. The third-order valence-electron chi connectivity index (χ3n) is 3.68. The second kappa shape index (κ2) is 6.36. The number of amides is 2. The molecule has 0 atom stereocenters. The minimum Gasteiger partial charge on any atom is -0.366 e. The van der Waals surface area contributed by atoms with E-state index in [0.717, 1.165) is 5.56 Å². The highest BCUT2D eigenvalue weighted by Crippen LogP contribution is 2.27. The van der Waals surface area contributed by atoms with Gasteiger partial charge in [0.05, 0.1) is 0 Å². The molecule has 0 bridgehead atoms. The van der Waals surface area contributed by atoms with E-state index in [1.165, 1.54) is 25.7 Å². The van der Waals surface area contributed by atoms with Gasteiger partial charge in [-0.25, -0.2) is 0 Å². The molecule has 1 aliphatic rings. The summed E-state index contributed by atoms with van der Waals surface area (Å²) in [6, 6.07) is 6.99. The van der Waals surface area contributed by atoms with Crippen molar-refractivity contribution in [2.75, 3.05) is 0 Å². The van der Waals surface area contributed by atoms with Crippen LogP contribution in [0.1, 0.15) is 48.0 Å². The lowest BCUT2D eigenvalue weighted by molar-refractivity contribution is -0.122. The van der Waals surface area contributed by atoms with Crippen molar-refractivity contribution in [1.29, 1.82) is 0 Å². The summed E-state index contributed by atoms with van der Waals surface area (Å²) >= 11 is 0. The van der Waals surface area contributed by atoms with Crippen LogP contribution in [0, 0.1) is 5.92 Å². The van der Waals surface area contributed by atoms with Gasteiger partial charge in [-0.15, -0.1) is 0 Å². The Morgan fingerprint density at radius 1 is 1.16 bits per heavy atom. The van der Waals surface area contributed by atoms with Crippen LogP contribution in [-0.4, -0.2) is 11.8 Å². The zero-order valence-corrected chi connectivity index (χ0v) is 11.0. The first-order valence-electron chi connectivity index (χ1n) is 6.80. The summed E-state index contributed by atoms with van der Waals surface area (Å²) in [6.07, 6.45) is 5.51. The Hall–Kier alpha value is -1.84. The molecule has 4 heteroatoms. The van der Waals surface area contributed by atoms with Crippen molar-refractivity contribution < 1.29 is 9.59 Å². The fourth-order valence-corrected chi connectivity index (χ4v) is 2.54. The number of carbonyl (C=O) groups excluding carboxylic acids is 2. The molecule has 0 unspecified atom stereocenters. The number of primary amides is 1. The van der Waals surface area contributed by atoms with Crippen molar-refractivity contribution in [3.05, 3.63) is 35.4 Å². The van der Waals surface area contributed by atoms with Gasteiger partial charge in [0.15, 0.2) is 0 Å². The first-order valence-corrected chi connectivity index (χ1v) is 6.80. The molecule has 0 spiro atoms. The number of hydrogen-bond acceptors (Lipinski definition) is 2. The maximum Gasteiger partial charge on any atom is 0.248 e. The van der Waals surface area contributed by atoms with Crippen LogP contribution in [0.25, 0.3) is 0 Å². The van der Waals surface area contributed by atoms with Crippen LogP contribution in [-0.2, 0) is 11.3 Å². The lowest BCUT2D eigenvalue weighted by Crippen LogP contribution is -2.24. The van der Waals surface area contributed by atoms with E-state index in [-0.39, 0.29) is 5.91 Å². The van der Waals surface area contributed by atoms with Crippen molar-refractivity contribution in [2.24, 2.45) is 11.7 Å². The molecule has 0 aliphatic heterocycles. The number of nitrogens with two attached hydrogens (primary N) is 1. The molecule has 102 valence electrons. The predicted octanol–water partition coefficient (Wildman–Crippen LogP) is 1.98. The molecule has 0 saturated heterocycles.